The zero-order valence-corrected chi connectivity index (χ0v) is 13.1. The number of carbonyl (C=O) groups excluding carboxylic acids is 1. The normalized spacial score (nSPS) is 37.4. The van der Waals surface area contributed by atoms with E-state index in [-0.39, 0.29) is 23.9 Å². The number of hydrogen-bond donors (Lipinski definition) is 2. The van der Waals surface area contributed by atoms with Crippen molar-refractivity contribution in [3.63, 3.8) is 0 Å². The monoisotopic (exact) mass is 282 g/mol. The predicted octanol–water partition coefficient (Wildman–Crippen LogP) is 1.93. The molecule has 0 aromatic carbocycles. The maximum absolute atomic E-state index is 12.5. The minimum atomic E-state index is 0.0866. The van der Waals surface area contributed by atoms with Crippen molar-refractivity contribution in [2.75, 3.05) is 13.2 Å². The molecule has 5 unspecified atom stereocenters. The maximum atomic E-state index is 12.5. The molecule has 0 aromatic heterocycles. The van der Waals surface area contributed by atoms with Crippen LogP contribution in [0.25, 0.3) is 0 Å². The van der Waals surface area contributed by atoms with E-state index in [1.165, 1.54) is 0 Å². The van der Waals surface area contributed by atoms with Crippen LogP contribution in [0.1, 0.15) is 46.5 Å². The van der Waals surface area contributed by atoms with Crippen molar-refractivity contribution in [3.8, 4) is 0 Å². The van der Waals surface area contributed by atoms with E-state index in [0.29, 0.717) is 17.8 Å². The van der Waals surface area contributed by atoms with Gasteiger partial charge in [0.2, 0.25) is 5.91 Å². The third kappa shape index (κ3) is 3.73. The van der Waals surface area contributed by atoms with Crippen LogP contribution in [0.4, 0.5) is 0 Å². The van der Waals surface area contributed by atoms with E-state index in [1.807, 2.05) is 0 Å². The van der Waals surface area contributed by atoms with E-state index < -0.39 is 0 Å². The highest BCUT2D eigenvalue weighted by molar-refractivity contribution is 5.79. The summed E-state index contributed by atoms with van der Waals surface area (Å²) in [7, 11) is 0. The first-order valence-electron chi connectivity index (χ1n) is 8.12. The van der Waals surface area contributed by atoms with Gasteiger partial charge in [0.15, 0.2) is 0 Å². The van der Waals surface area contributed by atoms with Gasteiger partial charge in [-0.15, -0.1) is 0 Å². The van der Waals surface area contributed by atoms with Crippen LogP contribution in [-0.2, 0) is 9.53 Å². The van der Waals surface area contributed by atoms with Crippen molar-refractivity contribution in [2.24, 2.45) is 29.4 Å². The summed E-state index contributed by atoms with van der Waals surface area (Å²) >= 11 is 0. The predicted molar refractivity (Wildman–Crippen MR) is 80.2 cm³/mol. The molecule has 1 saturated carbocycles. The fraction of sp³-hybridized carbons (Fsp3) is 0.938. The summed E-state index contributed by atoms with van der Waals surface area (Å²) in [6, 6.07) is 0.412. The second kappa shape index (κ2) is 6.90. The Balaban J connectivity index is 1.87. The minimum absolute atomic E-state index is 0.0866. The van der Waals surface area contributed by atoms with E-state index in [2.05, 4.69) is 26.1 Å². The molecule has 0 aromatic rings. The first kappa shape index (κ1) is 15.8. The summed E-state index contributed by atoms with van der Waals surface area (Å²) in [5.41, 5.74) is 6.15. The summed E-state index contributed by atoms with van der Waals surface area (Å²) in [6.45, 7) is 8.16. The summed E-state index contributed by atoms with van der Waals surface area (Å²) < 4.78 is 5.38. The molecule has 1 aliphatic carbocycles. The topological polar surface area (TPSA) is 64.3 Å². The largest absolute Gasteiger partial charge is 0.381 e. The smallest absolute Gasteiger partial charge is 0.223 e. The average molecular weight is 282 g/mol. The van der Waals surface area contributed by atoms with Crippen LogP contribution in [0.15, 0.2) is 0 Å². The number of carbonyl (C=O) groups is 1. The molecule has 1 amide bonds. The molecule has 2 rings (SSSR count). The van der Waals surface area contributed by atoms with Crippen LogP contribution in [0, 0.1) is 23.7 Å². The molecule has 5 atom stereocenters. The lowest BCUT2D eigenvalue weighted by Crippen LogP contribution is -2.48. The van der Waals surface area contributed by atoms with Crippen molar-refractivity contribution in [1.82, 2.24) is 5.32 Å². The number of ether oxygens (including phenoxy) is 1. The minimum Gasteiger partial charge on any atom is -0.381 e. The molecule has 4 nitrogen and oxygen atoms in total. The highest BCUT2D eigenvalue weighted by Gasteiger charge is 2.36. The van der Waals surface area contributed by atoms with Crippen molar-refractivity contribution >= 4 is 5.91 Å². The van der Waals surface area contributed by atoms with Crippen LogP contribution in [0.5, 0.6) is 0 Å². The Morgan fingerprint density at radius 1 is 1.20 bits per heavy atom. The molecular formula is C16H30N2O2. The Hall–Kier alpha value is -0.610. The first-order valence-corrected chi connectivity index (χ1v) is 8.12. The van der Waals surface area contributed by atoms with Gasteiger partial charge in [0, 0.05) is 31.2 Å². The zero-order chi connectivity index (χ0) is 14.7. The number of nitrogens with two attached hydrogens (primary N) is 1. The van der Waals surface area contributed by atoms with Crippen molar-refractivity contribution in [2.45, 2.75) is 58.5 Å². The van der Waals surface area contributed by atoms with E-state index in [9.17, 15) is 4.79 Å². The Morgan fingerprint density at radius 2 is 1.85 bits per heavy atom. The molecule has 3 N–H and O–H groups in total. The average Bonchev–Trinajstić information content (AvgIpc) is 2.43. The Labute approximate surface area is 122 Å². The molecular weight excluding hydrogens is 252 g/mol. The molecule has 20 heavy (non-hydrogen) atoms. The van der Waals surface area contributed by atoms with E-state index >= 15 is 0 Å². The molecule has 116 valence electrons. The molecule has 0 spiro atoms. The summed E-state index contributed by atoms with van der Waals surface area (Å²) in [6.07, 6.45) is 4.00. The van der Waals surface area contributed by atoms with Gasteiger partial charge in [0.1, 0.15) is 0 Å². The summed E-state index contributed by atoms with van der Waals surface area (Å²) in [5, 5.41) is 3.24. The van der Waals surface area contributed by atoms with Crippen molar-refractivity contribution < 1.29 is 9.53 Å². The van der Waals surface area contributed by atoms with Gasteiger partial charge in [0.25, 0.3) is 0 Å². The molecule has 1 heterocycles. The Kier molecular flexibility index (Phi) is 5.44. The fourth-order valence-corrected chi connectivity index (χ4v) is 3.71. The van der Waals surface area contributed by atoms with E-state index in [1.54, 1.807) is 0 Å². The number of hydrogen-bond acceptors (Lipinski definition) is 3. The first-order chi connectivity index (χ1) is 9.49. The third-order valence-electron chi connectivity index (χ3n) is 5.37. The molecule has 0 radical (unpaired) electrons. The number of amides is 1. The SMILES string of the molecule is CC1CC(C)C(C(=O)NC(C)C2CCOCC2)CC1N. The van der Waals surface area contributed by atoms with Gasteiger partial charge in [-0.05, 0) is 50.4 Å². The molecule has 2 fully saturated rings. The summed E-state index contributed by atoms with van der Waals surface area (Å²) in [5.74, 6) is 1.81. The lowest BCUT2D eigenvalue weighted by atomic mass is 9.72. The molecule has 4 heteroatoms. The Bertz CT molecular complexity index is 328. The van der Waals surface area contributed by atoms with Gasteiger partial charge >= 0.3 is 0 Å². The molecule has 1 saturated heterocycles. The fourth-order valence-electron chi connectivity index (χ4n) is 3.71. The summed E-state index contributed by atoms with van der Waals surface area (Å²) in [4.78, 5) is 12.5. The number of nitrogens with one attached hydrogen (secondary N) is 1. The highest BCUT2D eigenvalue weighted by atomic mass is 16.5. The van der Waals surface area contributed by atoms with Gasteiger partial charge in [-0.3, -0.25) is 4.79 Å². The Morgan fingerprint density at radius 3 is 2.50 bits per heavy atom. The van der Waals surface area contributed by atoms with Crippen molar-refractivity contribution in [1.29, 1.82) is 0 Å². The van der Waals surface area contributed by atoms with Crippen LogP contribution in [-0.4, -0.2) is 31.2 Å². The lowest BCUT2D eigenvalue weighted by molar-refractivity contribution is -0.129. The molecule has 2 aliphatic rings. The second-order valence-corrected chi connectivity index (χ2v) is 6.94. The van der Waals surface area contributed by atoms with Crippen LogP contribution >= 0.6 is 0 Å². The standard InChI is InChI=1S/C16H30N2O2/c1-10-8-11(2)15(17)9-14(10)16(19)18-12(3)13-4-6-20-7-5-13/h10-15H,4-9,17H2,1-3H3,(H,18,19). The van der Waals surface area contributed by atoms with Gasteiger partial charge in [-0.2, -0.15) is 0 Å². The molecule has 1 aliphatic heterocycles. The van der Waals surface area contributed by atoms with Crippen LogP contribution in [0.3, 0.4) is 0 Å². The van der Waals surface area contributed by atoms with Gasteiger partial charge in [-0.1, -0.05) is 13.8 Å². The van der Waals surface area contributed by atoms with Crippen LogP contribution < -0.4 is 11.1 Å². The zero-order valence-electron chi connectivity index (χ0n) is 13.1. The van der Waals surface area contributed by atoms with E-state index in [0.717, 1.165) is 38.9 Å². The highest BCUT2D eigenvalue weighted by Crippen LogP contribution is 2.33. The van der Waals surface area contributed by atoms with Crippen molar-refractivity contribution in [3.05, 3.63) is 0 Å². The third-order valence-corrected chi connectivity index (χ3v) is 5.37. The maximum Gasteiger partial charge on any atom is 0.223 e. The van der Waals surface area contributed by atoms with Gasteiger partial charge in [-0.25, -0.2) is 0 Å². The molecule has 0 bridgehead atoms. The lowest BCUT2D eigenvalue weighted by Gasteiger charge is -2.37. The van der Waals surface area contributed by atoms with Crippen LogP contribution in [0.2, 0.25) is 0 Å². The number of rotatable bonds is 3. The quantitative estimate of drug-likeness (QED) is 0.831. The van der Waals surface area contributed by atoms with Gasteiger partial charge < -0.3 is 15.8 Å². The van der Waals surface area contributed by atoms with Gasteiger partial charge in [0.05, 0.1) is 0 Å². The van der Waals surface area contributed by atoms with E-state index in [4.69, 9.17) is 10.5 Å². The second-order valence-electron chi connectivity index (χ2n) is 6.94.